The van der Waals surface area contributed by atoms with Crippen molar-refractivity contribution in [3.63, 3.8) is 0 Å². The van der Waals surface area contributed by atoms with Crippen molar-refractivity contribution in [3.05, 3.63) is 11.8 Å². The minimum Gasteiger partial charge on any atom is -0.383 e. The number of hydrogen-bond donors (Lipinski definition) is 0. The molecule has 0 saturated carbocycles. The van der Waals surface area contributed by atoms with E-state index in [2.05, 4.69) is 5.10 Å². The highest BCUT2D eigenvalue weighted by Gasteiger charge is 2.24. The molecule has 0 aromatic rings. The van der Waals surface area contributed by atoms with Gasteiger partial charge in [-0.3, -0.25) is 4.79 Å². The van der Waals surface area contributed by atoms with E-state index < -0.39 is 0 Å². The van der Waals surface area contributed by atoms with Gasteiger partial charge in [0.25, 0.3) is 5.91 Å². The maximum Gasteiger partial charge on any atom is 0.277 e. The lowest BCUT2D eigenvalue weighted by Gasteiger charge is -2.06. The van der Waals surface area contributed by atoms with Crippen LogP contribution in [-0.4, -0.2) is 42.7 Å². The van der Waals surface area contributed by atoms with Crippen LogP contribution in [0.3, 0.4) is 0 Å². The molecular formula is C8H13N3O. The lowest BCUT2D eigenvalue weighted by molar-refractivity contribution is -0.124. The zero-order chi connectivity index (χ0) is 9.30. The minimum atomic E-state index is -0.0406. The van der Waals surface area contributed by atoms with Crippen LogP contribution in [0.5, 0.6) is 0 Å². The number of hydrazone groups is 1. The highest BCUT2D eigenvalue weighted by molar-refractivity contribution is 6.23. The molecule has 0 unspecified atom stereocenters. The molecule has 0 N–H and O–H groups in total. The fourth-order valence-corrected chi connectivity index (χ4v) is 1.06. The van der Waals surface area contributed by atoms with Crippen molar-refractivity contribution in [2.45, 2.75) is 6.92 Å². The van der Waals surface area contributed by atoms with Crippen LogP contribution in [-0.2, 0) is 4.79 Å². The predicted octanol–water partition coefficient (Wildman–Crippen LogP) is 0.280. The third kappa shape index (κ3) is 1.47. The SMILES string of the molecule is CC1=NN(C)C(=O)C1=CN(C)C. The van der Waals surface area contributed by atoms with Gasteiger partial charge in [0.1, 0.15) is 0 Å². The van der Waals surface area contributed by atoms with E-state index in [-0.39, 0.29) is 5.91 Å². The van der Waals surface area contributed by atoms with Gasteiger partial charge < -0.3 is 4.90 Å². The van der Waals surface area contributed by atoms with Crippen LogP contribution >= 0.6 is 0 Å². The number of carbonyl (C=O) groups is 1. The van der Waals surface area contributed by atoms with Crippen molar-refractivity contribution in [1.82, 2.24) is 9.91 Å². The smallest absolute Gasteiger partial charge is 0.277 e. The molecule has 1 heterocycles. The van der Waals surface area contributed by atoms with Crippen LogP contribution in [0.1, 0.15) is 6.92 Å². The van der Waals surface area contributed by atoms with Gasteiger partial charge >= 0.3 is 0 Å². The molecule has 1 aliphatic heterocycles. The van der Waals surface area contributed by atoms with Crippen LogP contribution in [0, 0.1) is 0 Å². The first-order valence-corrected chi connectivity index (χ1v) is 3.74. The van der Waals surface area contributed by atoms with Gasteiger partial charge in [0.2, 0.25) is 0 Å². The summed E-state index contributed by atoms with van der Waals surface area (Å²) in [6, 6.07) is 0. The van der Waals surface area contributed by atoms with Crippen LogP contribution in [0.2, 0.25) is 0 Å². The number of amides is 1. The van der Waals surface area contributed by atoms with Crippen LogP contribution in [0.4, 0.5) is 0 Å². The Hall–Kier alpha value is -1.32. The van der Waals surface area contributed by atoms with Gasteiger partial charge in [-0.2, -0.15) is 5.10 Å². The Kier molecular flexibility index (Phi) is 2.17. The van der Waals surface area contributed by atoms with Gasteiger partial charge in [-0.1, -0.05) is 0 Å². The first kappa shape index (κ1) is 8.77. The Morgan fingerprint density at radius 1 is 1.50 bits per heavy atom. The molecule has 1 aliphatic rings. The molecule has 0 spiro atoms. The monoisotopic (exact) mass is 167 g/mol. The molecule has 0 bridgehead atoms. The van der Waals surface area contributed by atoms with Crippen LogP contribution < -0.4 is 0 Å². The Bertz CT molecular complexity index is 265. The van der Waals surface area contributed by atoms with Crippen LogP contribution in [0.25, 0.3) is 0 Å². The zero-order valence-corrected chi connectivity index (χ0v) is 7.83. The summed E-state index contributed by atoms with van der Waals surface area (Å²) in [4.78, 5) is 13.2. The standard InChI is InChI=1S/C8H13N3O/c1-6-7(5-10(2)3)8(12)11(4)9-6/h5H,1-4H3. The Balaban J connectivity index is 2.94. The fourth-order valence-electron chi connectivity index (χ4n) is 1.06. The molecule has 0 radical (unpaired) electrons. The zero-order valence-electron chi connectivity index (χ0n) is 7.83. The molecule has 0 aromatic carbocycles. The van der Waals surface area contributed by atoms with E-state index in [1.807, 2.05) is 25.9 Å². The van der Waals surface area contributed by atoms with E-state index in [0.717, 1.165) is 5.71 Å². The first-order valence-electron chi connectivity index (χ1n) is 3.74. The van der Waals surface area contributed by atoms with Crippen molar-refractivity contribution < 1.29 is 4.79 Å². The number of carbonyl (C=O) groups excluding carboxylic acids is 1. The average molecular weight is 167 g/mol. The molecule has 4 nitrogen and oxygen atoms in total. The molecule has 1 rings (SSSR count). The van der Waals surface area contributed by atoms with Gasteiger partial charge in [0.15, 0.2) is 0 Å². The second-order valence-corrected chi connectivity index (χ2v) is 3.02. The number of rotatable bonds is 1. The fraction of sp³-hybridized carbons (Fsp3) is 0.500. The molecule has 4 heteroatoms. The van der Waals surface area contributed by atoms with E-state index in [0.29, 0.717) is 5.57 Å². The van der Waals surface area contributed by atoms with Crippen LogP contribution in [0.15, 0.2) is 16.9 Å². The lowest BCUT2D eigenvalue weighted by Crippen LogP contribution is -2.18. The van der Waals surface area contributed by atoms with Gasteiger partial charge in [-0.15, -0.1) is 0 Å². The molecule has 0 atom stereocenters. The number of nitrogens with zero attached hydrogens (tertiary/aromatic N) is 3. The minimum absolute atomic E-state index is 0.0406. The van der Waals surface area contributed by atoms with Gasteiger partial charge in [0, 0.05) is 27.3 Å². The molecule has 0 fully saturated rings. The number of likely N-dealkylation sites (N-methyl/N-ethyl adjacent to an activating group) is 1. The topological polar surface area (TPSA) is 35.9 Å². The quantitative estimate of drug-likeness (QED) is 0.526. The Morgan fingerprint density at radius 2 is 2.08 bits per heavy atom. The molecule has 12 heavy (non-hydrogen) atoms. The highest BCUT2D eigenvalue weighted by Crippen LogP contribution is 2.12. The number of hydrogen-bond acceptors (Lipinski definition) is 3. The summed E-state index contributed by atoms with van der Waals surface area (Å²) >= 11 is 0. The Morgan fingerprint density at radius 3 is 2.42 bits per heavy atom. The van der Waals surface area contributed by atoms with Crippen molar-refractivity contribution in [1.29, 1.82) is 0 Å². The summed E-state index contributed by atoms with van der Waals surface area (Å²) in [6.45, 7) is 1.83. The third-order valence-corrected chi connectivity index (χ3v) is 1.60. The predicted molar refractivity (Wildman–Crippen MR) is 47.6 cm³/mol. The maximum absolute atomic E-state index is 11.4. The third-order valence-electron chi connectivity index (χ3n) is 1.60. The summed E-state index contributed by atoms with van der Waals surface area (Å²) < 4.78 is 0. The molecule has 0 aliphatic carbocycles. The highest BCUT2D eigenvalue weighted by atomic mass is 16.2. The summed E-state index contributed by atoms with van der Waals surface area (Å²) in [5.41, 5.74) is 1.44. The molecule has 66 valence electrons. The normalized spacial score (nSPS) is 20.3. The van der Waals surface area contributed by atoms with E-state index in [4.69, 9.17) is 0 Å². The van der Waals surface area contributed by atoms with Crippen molar-refractivity contribution in [2.75, 3.05) is 21.1 Å². The molecular weight excluding hydrogens is 154 g/mol. The van der Waals surface area contributed by atoms with Crippen molar-refractivity contribution in [3.8, 4) is 0 Å². The van der Waals surface area contributed by atoms with Gasteiger partial charge in [-0.25, -0.2) is 5.01 Å². The maximum atomic E-state index is 11.4. The Labute approximate surface area is 72.1 Å². The molecule has 1 amide bonds. The summed E-state index contributed by atoms with van der Waals surface area (Å²) in [6.07, 6.45) is 1.78. The summed E-state index contributed by atoms with van der Waals surface area (Å²) in [7, 11) is 5.42. The average Bonchev–Trinajstić information content (AvgIpc) is 2.16. The first-order chi connectivity index (χ1) is 5.52. The summed E-state index contributed by atoms with van der Waals surface area (Å²) in [5.74, 6) is -0.0406. The summed E-state index contributed by atoms with van der Waals surface area (Å²) in [5, 5.41) is 5.36. The van der Waals surface area contributed by atoms with Gasteiger partial charge in [0.05, 0.1) is 11.3 Å². The van der Waals surface area contributed by atoms with Gasteiger partial charge in [-0.05, 0) is 6.92 Å². The largest absolute Gasteiger partial charge is 0.383 e. The van der Waals surface area contributed by atoms with Crippen molar-refractivity contribution in [2.24, 2.45) is 5.10 Å². The van der Waals surface area contributed by atoms with E-state index in [1.165, 1.54) is 5.01 Å². The second kappa shape index (κ2) is 2.97. The molecule has 0 aromatic heterocycles. The lowest BCUT2D eigenvalue weighted by atomic mass is 10.2. The van der Waals surface area contributed by atoms with E-state index in [9.17, 15) is 4.79 Å². The van der Waals surface area contributed by atoms with E-state index in [1.54, 1.807) is 13.2 Å². The van der Waals surface area contributed by atoms with E-state index >= 15 is 0 Å². The van der Waals surface area contributed by atoms with Crippen molar-refractivity contribution >= 4 is 11.6 Å². The molecule has 0 saturated heterocycles. The second-order valence-electron chi connectivity index (χ2n) is 3.02.